The van der Waals surface area contributed by atoms with Crippen LogP contribution in [0, 0.1) is 11.6 Å². The maximum atomic E-state index is 13.1. The lowest BCUT2D eigenvalue weighted by Crippen LogP contribution is -2.31. The largest absolute Gasteiger partial charge is 0.444 e. The molecule has 1 saturated heterocycles. The Labute approximate surface area is 150 Å². The van der Waals surface area contributed by atoms with Gasteiger partial charge in [0.25, 0.3) is 0 Å². The molecule has 1 N–H and O–H groups in total. The Kier molecular flexibility index (Phi) is 5.68. The van der Waals surface area contributed by atoms with Gasteiger partial charge in [0.1, 0.15) is 17.7 Å². The molecule has 3 rings (SSSR count). The molecule has 0 bridgehead atoms. The summed E-state index contributed by atoms with van der Waals surface area (Å²) in [6, 6.07) is 11.7. The van der Waals surface area contributed by atoms with Crippen LogP contribution in [-0.2, 0) is 4.74 Å². The summed E-state index contributed by atoms with van der Waals surface area (Å²) in [4.78, 5) is 15.4. The summed E-state index contributed by atoms with van der Waals surface area (Å²) >= 11 is 0. The molecule has 0 aliphatic carbocycles. The highest BCUT2D eigenvalue weighted by Gasteiger charge is 2.32. The minimum Gasteiger partial charge on any atom is -0.444 e. The molecule has 0 aromatic heterocycles. The van der Waals surface area contributed by atoms with Crippen LogP contribution in [-0.4, -0.2) is 43.5 Å². The molecule has 1 amide bonds. The van der Waals surface area contributed by atoms with Gasteiger partial charge in [-0.2, -0.15) is 0 Å². The van der Waals surface area contributed by atoms with Gasteiger partial charge in [-0.15, -0.1) is 0 Å². The third kappa shape index (κ3) is 4.29. The first kappa shape index (κ1) is 18.1. The first-order valence-corrected chi connectivity index (χ1v) is 8.42. The summed E-state index contributed by atoms with van der Waals surface area (Å²) in [7, 11) is 0. The molecular weight excluding hydrogens is 342 g/mol. The minimum absolute atomic E-state index is 0.0382. The molecular formula is C19H20F2N2O3. The van der Waals surface area contributed by atoms with Gasteiger partial charge in [0.2, 0.25) is 0 Å². The van der Waals surface area contributed by atoms with E-state index in [1.165, 1.54) is 41.3 Å². The van der Waals surface area contributed by atoms with Gasteiger partial charge in [0.05, 0.1) is 13.2 Å². The Balaban J connectivity index is 1.60. The second-order valence-corrected chi connectivity index (χ2v) is 6.07. The van der Waals surface area contributed by atoms with E-state index in [4.69, 9.17) is 4.74 Å². The second-order valence-electron chi connectivity index (χ2n) is 6.07. The lowest BCUT2D eigenvalue weighted by atomic mass is 10.2. The highest BCUT2D eigenvalue weighted by Crippen LogP contribution is 2.24. The number of rotatable bonds is 7. The molecule has 0 spiro atoms. The molecule has 26 heavy (non-hydrogen) atoms. The second kappa shape index (κ2) is 8.14. The monoisotopic (exact) mass is 362 g/mol. The fourth-order valence-corrected chi connectivity index (χ4v) is 2.95. The number of halogens is 2. The first-order chi connectivity index (χ1) is 12.6. The Bertz CT molecular complexity index is 737. The normalized spacial score (nSPS) is 16.7. The van der Waals surface area contributed by atoms with E-state index >= 15 is 0 Å². The van der Waals surface area contributed by atoms with E-state index in [1.807, 2.05) is 4.90 Å². The van der Waals surface area contributed by atoms with Crippen molar-refractivity contribution >= 4 is 17.5 Å². The van der Waals surface area contributed by atoms with Crippen LogP contribution in [0.4, 0.5) is 25.0 Å². The fraction of sp³-hybridized carbons (Fsp3) is 0.316. The van der Waals surface area contributed by atoms with Crippen LogP contribution < -0.4 is 9.80 Å². The summed E-state index contributed by atoms with van der Waals surface area (Å²) in [6.07, 6.45) is -0.216. The van der Waals surface area contributed by atoms with Crippen molar-refractivity contribution in [1.29, 1.82) is 0 Å². The number of benzene rings is 2. The lowest BCUT2D eigenvalue weighted by molar-refractivity contribution is 0.137. The molecule has 1 atom stereocenters. The third-order valence-corrected chi connectivity index (χ3v) is 4.30. The molecule has 1 aliphatic heterocycles. The number of hydrogen-bond donors (Lipinski definition) is 1. The predicted octanol–water partition coefficient (Wildman–Crippen LogP) is 3.18. The van der Waals surface area contributed by atoms with Crippen LogP contribution in [0.5, 0.6) is 0 Å². The molecule has 2 aromatic carbocycles. The Hall–Kier alpha value is -2.67. The number of ether oxygens (including phenoxy) is 1. The summed E-state index contributed by atoms with van der Waals surface area (Å²) in [5.41, 5.74) is 1.38. The molecule has 1 fully saturated rings. The van der Waals surface area contributed by atoms with Gasteiger partial charge in [-0.25, -0.2) is 13.6 Å². The first-order valence-electron chi connectivity index (χ1n) is 8.42. The van der Waals surface area contributed by atoms with Crippen LogP contribution in [0.1, 0.15) is 6.42 Å². The van der Waals surface area contributed by atoms with E-state index in [9.17, 15) is 18.7 Å². The van der Waals surface area contributed by atoms with Crippen molar-refractivity contribution in [2.75, 3.05) is 36.0 Å². The van der Waals surface area contributed by atoms with Gasteiger partial charge in [-0.3, -0.25) is 4.90 Å². The highest BCUT2D eigenvalue weighted by atomic mass is 19.1. The molecule has 138 valence electrons. The fourth-order valence-electron chi connectivity index (χ4n) is 2.95. The van der Waals surface area contributed by atoms with Gasteiger partial charge in [-0.1, -0.05) is 0 Å². The van der Waals surface area contributed by atoms with E-state index in [0.717, 1.165) is 5.69 Å². The summed E-state index contributed by atoms with van der Waals surface area (Å²) in [5.74, 6) is -0.686. The van der Waals surface area contributed by atoms with E-state index in [1.54, 1.807) is 12.1 Å². The van der Waals surface area contributed by atoms with Crippen molar-refractivity contribution in [1.82, 2.24) is 0 Å². The van der Waals surface area contributed by atoms with Crippen molar-refractivity contribution in [3.8, 4) is 0 Å². The zero-order chi connectivity index (χ0) is 18.5. The molecule has 1 aliphatic rings. The number of cyclic esters (lactones) is 1. The smallest absolute Gasteiger partial charge is 0.414 e. The molecule has 2 aromatic rings. The zero-order valence-electron chi connectivity index (χ0n) is 14.1. The predicted molar refractivity (Wildman–Crippen MR) is 94.3 cm³/mol. The van der Waals surface area contributed by atoms with Crippen LogP contribution in [0.15, 0.2) is 48.5 Å². The average molecular weight is 362 g/mol. The van der Waals surface area contributed by atoms with Crippen LogP contribution in [0.25, 0.3) is 0 Å². The Morgan fingerprint density at radius 1 is 1.04 bits per heavy atom. The summed E-state index contributed by atoms with van der Waals surface area (Å²) < 4.78 is 31.5. The number of anilines is 2. The third-order valence-electron chi connectivity index (χ3n) is 4.30. The standard InChI is InChI=1S/C19H20F2N2O3/c20-14-1-5-16(6-2-14)22(11-12-24)10-9-18-13-23(19(25)26-18)17-7-3-15(21)4-8-17/h1-8,18,24H,9-13H2. The lowest BCUT2D eigenvalue weighted by Gasteiger charge is -2.25. The van der Waals surface area contributed by atoms with Crippen LogP contribution >= 0.6 is 0 Å². The van der Waals surface area contributed by atoms with Gasteiger partial charge in [-0.05, 0) is 48.5 Å². The van der Waals surface area contributed by atoms with Crippen molar-refractivity contribution in [2.24, 2.45) is 0 Å². The molecule has 1 unspecified atom stereocenters. The number of nitrogens with zero attached hydrogens (tertiary/aromatic N) is 2. The minimum atomic E-state index is -0.461. The van der Waals surface area contributed by atoms with E-state index < -0.39 is 6.09 Å². The number of carbonyl (C=O) groups excluding carboxylic acids is 1. The number of hydrogen-bond acceptors (Lipinski definition) is 4. The maximum Gasteiger partial charge on any atom is 0.414 e. The van der Waals surface area contributed by atoms with E-state index in [-0.39, 0.29) is 24.3 Å². The number of carbonyl (C=O) groups is 1. The molecule has 0 radical (unpaired) electrons. The van der Waals surface area contributed by atoms with Gasteiger partial charge in [0, 0.05) is 30.9 Å². The quantitative estimate of drug-likeness (QED) is 0.822. The topological polar surface area (TPSA) is 53.0 Å². The zero-order valence-corrected chi connectivity index (χ0v) is 14.1. The number of amides is 1. The molecule has 7 heteroatoms. The Morgan fingerprint density at radius 3 is 2.27 bits per heavy atom. The van der Waals surface area contributed by atoms with Gasteiger partial charge >= 0.3 is 6.09 Å². The van der Waals surface area contributed by atoms with Gasteiger partial charge < -0.3 is 14.7 Å². The number of aliphatic hydroxyl groups excluding tert-OH is 1. The van der Waals surface area contributed by atoms with Crippen LogP contribution in [0.3, 0.4) is 0 Å². The molecule has 1 heterocycles. The average Bonchev–Trinajstić information content (AvgIpc) is 3.01. The highest BCUT2D eigenvalue weighted by molar-refractivity contribution is 5.89. The van der Waals surface area contributed by atoms with Crippen LogP contribution in [0.2, 0.25) is 0 Å². The number of aliphatic hydroxyl groups is 1. The maximum absolute atomic E-state index is 13.1. The van der Waals surface area contributed by atoms with Crippen molar-refractivity contribution < 1.29 is 23.4 Å². The van der Waals surface area contributed by atoms with Gasteiger partial charge in [0.15, 0.2) is 0 Å². The Morgan fingerprint density at radius 2 is 1.65 bits per heavy atom. The molecule has 5 nitrogen and oxygen atoms in total. The molecule has 0 saturated carbocycles. The summed E-state index contributed by atoms with van der Waals surface area (Å²) in [5, 5.41) is 9.26. The van der Waals surface area contributed by atoms with E-state index in [0.29, 0.717) is 31.7 Å². The summed E-state index contributed by atoms with van der Waals surface area (Å²) in [6.45, 7) is 1.28. The van der Waals surface area contributed by atoms with Crippen molar-refractivity contribution in [3.05, 3.63) is 60.2 Å². The van der Waals surface area contributed by atoms with E-state index in [2.05, 4.69) is 0 Å². The van der Waals surface area contributed by atoms with Crippen molar-refractivity contribution in [2.45, 2.75) is 12.5 Å². The SMILES string of the molecule is O=C1OC(CCN(CCO)c2ccc(F)cc2)CN1c1ccc(F)cc1. The van der Waals surface area contributed by atoms with Crippen molar-refractivity contribution in [3.63, 3.8) is 0 Å².